The van der Waals surface area contributed by atoms with Crippen LogP contribution in [0.2, 0.25) is 5.02 Å². The van der Waals surface area contributed by atoms with Crippen LogP contribution in [0, 0.1) is 5.82 Å². The number of hydrogen-bond acceptors (Lipinski definition) is 2. The molecule has 0 heterocycles. The Morgan fingerprint density at radius 2 is 1.95 bits per heavy atom. The first-order valence-corrected chi connectivity index (χ1v) is 7.84. The summed E-state index contributed by atoms with van der Waals surface area (Å²) in [5.74, 6) is 0.734. The van der Waals surface area contributed by atoms with Crippen LogP contribution in [-0.4, -0.2) is 6.54 Å². The van der Waals surface area contributed by atoms with Crippen molar-refractivity contribution in [1.29, 1.82) is 0 Å². The van der Waals surface area contributed by atoms with E-state index in [0.29, 0.717) is 21.0 Å². The SMILES string of the molecule is CCNC(C)c1ccc(Oc2ccc(F)cc2Br)c(Cl)c1. The zero-order valence-electron chi connectivity index (χ0n) is 11.8. The Balaban J connectivity index is 2.21. The Morgan fingerprint density at radius 1 is 1.24 bits per heavy atom. The molecule has 112 valence electrons. The van der Waals surface area contributed by atoms with Crippen molar-refractivity contribution in [3.8, 4) is 11.5 Å². The van der Waals surface area contributed by atoms with Gasteiger partial charge in [-0.25, -0.2) is 4.39 Å². The van der Waals surface area contributed by atoms with E-state index < -0.39 is 0 Å². The molecule has 1 unspecified atom stereocenters. The van der Waals surface area contributed by atoms with Crippen LogP contribution < -0.4 is 10.1 Å². The molecule has 0 radical (unpaired) electrons. The molecule has 0 saturated carbocycles. The maximum Gasteiger partial charge on any atom is 0.146 e. The summed E-state index contributed by atoms with van der Waals surface area (Å²) in [4.78, 5) is 0. The zero-order chi connectivity index (χ0) is 15.4. The van der Waals surface area contributed by atoms with Gasteiger partial charge in [-0.15, -0.1) is 0 Å². The fourth-order valence-electron chi connectivity index (χ4n) is 1.97. The average Bonchev–Trinajstić information content (AvgIpc) is 2.44. The quantitative estimate of drug-likeness (QED) is 0.726. The monoisotopic (exact) mass is 371 g/mol. The predicted molar refractivity (Wildman–Crippen MR) is 87.7 cm³/mol. The Morgan fingerprint density at radius 3 is 2.57 bits per heavy atom. The first kappa shape index (κ1) is 16.3. The maximum absolute atomic E-state index is 13.1. The third-order valence-corrected chi connectivity index (χ3v) is 4.00. The lowest BCUT2D eigenvalue weighted by Crippen LogP contribution is -2.17. The molecule has 2 nitrogen and oxygen atoms in total. The molecule has 2 aromatic rings. The molecule has 1 N–H and O–H groups in total. The molecule has 0 aliphatic rings. The smallest absolute Gasteiger partial charge is 0.146 e. The molecule has 5 heteroatoms. The standard InChI is InChI=1S/C16H16BrClFNO/c1-3-20-10(2)11-4-6-16(14(18)8-11)21-15-7-5-12(19)9-13(15)17/h4-10,20H,3H2,1-2H3. The lowest BCUT2D eigenvalue weighted by Gasteiger charge is -2.15. The average molecular weight is 373 g/mol. The number of halogens is 3. The molecule has 0 aliphatic carbocycles. The maximum atomic E-state index is 13.1. The summed E-state index contributed by atoms with van der Waals surface area (Å²) in [6.07, 6.45) is 0. The van der Waals surface area contributed by atoms with Crippen LogP contribution >= 0.6 is 27.5 Å². The van der Waals surface area contributed by atoms with Crippen molar-refractivity contribution in [3.05, 3.63) is 57.3 Å². The second-order valence-electron chi connectivity index (χ2n) is 4.65. The topological polar surface area (TPSA) is 21.3 Å². The summed E-state index contributed by atoms with van der Waals surface area (Å²) in [7, 11) is 0. The van der Waals surface area contributed by atoms with Gasteiger partial charge in [-0.1, -0.05) is 24.6 Å². The van der Waals surface area contributed by atoms with E-state index in [1.807, 2.05) is 18.2 Å². The molecular weight excluding hydrogens is 357 g/mol. The molecule has 0 bridgehead atoms. The van der Waals surface area contributed by atoms with Gasteiger partial charge in [0.2, 0.25) is 0 Å². The number of hydrogen-bond donors (Lipinski definition) is 1. The van der Waals surface area contributed by atoms with Crippen LogP contribution in [0.25, 0.3) is 0 Å². The Hall–Kier alpha value is -1.10. The van der Waals surface area contributed by atoms with Gasteiger partial charge >= 0.3 is 0 Å². The van der Waals surface area contributed by atoms with Crippen LogP contribution in [0.1, 0.15) is 25.5 Å². The number of benzene rings is 2. The summed E-state index contributed by atoms with van der Waals surface area (Å²) in [6.45, 7) is 5.02. The third-order valence-electron chi connectivity index (χ3n) is 3.08. The van der Waals surface area contributed by atoms with Crippen molar-refractivity contribution < 1.29 is 9.13 Å². The fourth-order valence-corrected chi connectivity index (χ4v) is 2.63. The fraction of sp³-hybridized carbons (Fsp3) is 0.250. The molecule has 0 aliphatic heterocycles. The van der Waals surface area contributed by atoms with E-state index in [2.05, 4.69) is 35.1 Å². The number of rotatable bonds is 5. The Labute approximate surface area is 137 Å². The minimum atomic E-state index is -0.324. The third kappa shape index (κ3) is 4.19. The van der Waals surface area contributed by atoms with Gasteiger partial charge in [-0.2, -0.15) is 0 Å². The van der Waals surface area contributed by atoms with Gasteiger partial charge in [-0.3, -0.25) is 0 Å². The predicted octanol–water partition coefficient (Wildman–Crippen LogP) is 5.70. The lowest BCUT2D eigenvalue weighted by atomic mass is 10.1. The molecule has 0 fully saturated rings. The molecule has 21 heavy (non-hydrogen) atoms. The molecule has 2 rings (SSSR count). The summed E-state index contributed by atoms with van der Waals surface area (Å²) >= 11 is 9.53. The van der Waals surface area contributed by atoms with Crippen LogP contribution in [0.3, 0.4) is 0 Å². The summed E-state index contributed by atoms with van der Waals surface area (Å²) in [5.41, 5.74) is 1.09. The van der Waals surface area contributed by atoms with Crippen molar-refractivity contribution in [2.24, 2.45) is 0 Å². The summed E-state index contributed by atoms with van der Waals surface area (Å²) in [6, 6.07) is 10.1. The highest BCUT2D eigenvalue weighted by atomic mass is 79.9. The van der Waals surface area contributed by atoms with E-state index in [0.717, 1.165) is 12.1 Å². The molecule has 0 amide bonds. The van der Waals surface area contributed by atoms with Crippen molar-refractivity contribution in [1.82, 2.24) is 5.32 Å². The largest absolute Gasteiger partial charge is 0.455 e. The van der Waals surface area contributed by atoms with Crippen LogP contribution in [0.15, 0.2) is 40.9 Å². The second kappa shape index (κ2) is 7.25. The highest BCUT2D eigenvalue weighted by Gasteiger charge is 2.10. The minimum absolute atomic E-state index is 0.221. The highest BCUT2D eigenvalue weighted by Crippen LogP contribution is 2.35. The summed E-state index contributed by atoms with van der Waals surface area (Å²) in [5, 5.41) is 3.85. The zero-order valence-corrected chi connectivity index (χ0v) is 14.1. The van der Waals surface area contributed by atoms with Gasteiger partial charge in [0, 0.05) is 6.04 Å². The minimum Gasteiger partial charge on any atom is -0.455 e. The highest BCUT2D eigenvalue weighted by molar-refractivity contribution is 9.10. The molecular formula is C16H16BrClFNO. The molecule has 1 atom stereocenters. The van der Waals surface area contributed by atoms with E-state index in [4.69, 9.17) is 16.3 Å². The van der Waals surface area contributed by atoms with Gasteiger partial charge in [0.25, 0.3) is 0 Å². The van der Waals surface area contributed by atoms with Gasteiger partial charge < -0.3 is 10.1 Å². The number of nitrogens with one attached hydrogen (secondary N) is 1. The van der Waals surface area contributed by atoms with Crippen molar-refractivity contribution >= 4 is 27.5 Å². The lowest BCUT2D eigenvalue weighted by molar-refractivity contribution is 0.477. The van der Waals surface area contributed by atoms with Gasteiger partial charge in [0.05, 0.1) is 9.50 Å². The molecule has 2 aromatic carbocycles. The van der Waals surface area contributed by atoms with Crippen LogP contribution in [0.4, 0.5) is 4.39 Å². The van der Waals surface area contributed by atoms with Crippen molar-refractivity contribution in [3.63, 3.8) is 0 Å². The Kier molecular flexibility index (Phi) is 5.62. The van der Waals surface area contributed by atoms with Gasteiger partial charge in [0.1, 0.15) is 17.3 Å². The second-order valence-corrected chi connectivity index (χ2v) is 5.91. The van der Waals surface area contributed by atoms with Crippen LogP contribution in [0.5, 0.6) is 11.5 Å². The van der Waals surface area contributed by atoms with Crippen LogP contribution in [-0.2, 0) is 0 Å². The molecule has 0 aromatic heterocycles. The molecule has 0 saturated heterocycles. The van der Waals surface area contributed by atoms with E-state index in [9.17, 15) is 4.39 Å². The first-order valence-electron chi connectivity index (χ1n) is 6.67. The van der Waals surface area contributed by atoms with E-state index in [-0.39, 0.29) is 11.9 Å². The van der Waals surface area contributed by atoms with Crippen molar-refractivity contribution in [2.75, 3.05) is 6.54 Å². The number of ether oxygens (including phenoxy) is 1. The van der Waals surface area contributed by atoms with E-state index in [1.165, 1.54) is 12.1 Å². The van der Waals surface area contributed by atoms with E-state index in [1.54, 1.807) is 6.07 Å². The first-order chi connectivity index (χ1) is 10.0. The van der Waals surface area contributed by atoms with Crippen molar-refractivity contribution in [2.45, 2.75) is 19.9 Å². The van der Waals surface area contributed by atoms with Gasteiger partial charge in [-0.05, 0) is 65.3 Å². The van der Waals surface area contributed by atoms with Gasteiger partial charge in [0.15, 0.2) is 0 Å². The Bertz CT molecular complexity index is 636. The summed E-state index contributed by atoms with van der Waals surface area (Å²) < 4.78 is 19.3. The van der Waals surface area contributed by atoms with E-state index >= 15 is 0 Å². The molecule has 0 spiro atoms. The normalized spacial score (nSPS) is 12.2.